The van der Waals surface area contributed by atoms with E-state index >= 15 is 0 Å². The van der Waals surface area contributed by atoms with Gasteiger partial charge in [0.15, 0.2) is 6.79 Å². The van der Waals surface area contributed by atoms with E-state index in [0.717, 1.165) is 27.8 Å². The summed E-state index contributed by atoms with van der Waals surface area (Å²) in [6, 6.07) is 9.96. The third-order valence-corrected chi connectivity index (χ3v) is 5.99. The number of methoxy groups -OCH3 is 1. The van der Waals surface area contributed by atoms with Crippen LogP contribution < -0.4 is 9.47 Å². The number of carboxylic acids is 1. The third kappa shape index (κ3) is 5.97. The van der Waals surface area contributed by atoms with E-state index in [1.165, 1.54) is 0 Å². The summed E-state index contributed by atoms with van der Waals surface area (Å²) >= 11 is 0. The molecule has 5 heteroatoms. The molecule has 1 unspecified atom stereocenters. The molecule has 0 spiro atoms. The Kier molecular flexibility index (Phi) is 8.02. The van der Waals surface area contributed by atoms with E-state index in [9.17, 15) is 15.0 Å². The quantitative estimate of drug-likeness (QED) is 0.380. The molecule has 0 aromatic heterocycles. The van der Waals surface area contributed by atoms with Crippen LogP contribution in [-0.4, -0.2) is 30.1 Å². The lowest BCUT2D eigenvalue weighted by atomic mass is 9.76. The van der Waals surface area contributed by atoms with Crippen LogP contribution in [0, 0.1) is 0 Å². The second-order valence-electron chi connectivity index (χ2n) is 10.5. The zero-order chi connectivity index (χ0) is 25.1. The van der Waals surface area contributed by atoms with Crippen molar-refractivity contribution in [2.24, 2.45) is 0 Å². The maximum atomic E-state index is 11.7. The highest BCUT2D eigenvalue weighted by molar-refractivity contribution is 5.86. The van der Waals surface area contributed by atoms with Gasteiger partial charge in [0.2, 0.25) is 0 Å². The molecule has 2 N–H and O–H groups in total. The Hall–Kier alpha value is -2.79. The second-order valence-corrected chi connectivity index (χ2v) is 10.5. The molecule has 2 rings (SSSR count). The van der Waals surface area contributed by atoms with Gasteiger partial charge in [-0.2, -0.15) is 0 Å². The number of aliphatic carboxylic acids is 1. The van der Waals surface area contributed by atoms with E-state index in [2.05, 4.69) is 55.0 Å². The minimum absolute atomic E-state index is 0.134. The zero-order valence-corrected chi connectivity index (χ0v) is 21.2. The van der Waals surface area contributed by atoms with Crippen molar-refractivity contribution in [1.82, 2.24) is 0 Å². The molecule has 0 bridgehead atoms. The number of aliphatic hydroxyl groups is 1. The Balaban J connectivity index is 2.85. The molecule has 0 saturated carbocycles. The summed E-state index contributed by atoms with van der Waals surface area (Å²) in [5, 5.41) is 19.2. The summed E-state index contributed by atoms with van der Waals surface area (Å²) in [4.78, 5) is 11.7. The average Bonchev–Trinajstić information content (AvgIpc) is 2.71. The number of aliphatic hydroxyl groups excluding tert-OH is 1. The van der Waals surface area contributed by atoms with Gasteiger partial charge in [-0.1, -0.05) is 73.2 Å². The molecule has 2 aromatic rings. The lowest BCUT2D eigenvalue weighted by Crippen LogP contribution is -2.19. The number of benzene rings is 2. The molecule has 0 fully saturated rings. The van der Waals surface area contributed by atoms with Crippen molar-refractivity contribution in [2.75, 3.05) is 13.9 Å². The Morgan fingerprint density at radius 1 is 1.03 bits per heavy atom. The van der Waals surface area contributed by atoms with Crippen LogP contribution in [0.5, 0.6) is 11.5 Å². The van der Waals surface area contributed by atoms with Crippen molar-refractivity contribution in [1.29, 1.82) is 0 Å². The molecule has 0 aliphatic rings. The zero-order valence-electron chi connectivity index (χ0n) is 21.2. The molecule has 5 nitrogen and oxygen atoms in total. The van der Waals surface area contributed by atoms with E-state index in [1.807, 2.05) is 30.3 Å². The van der Waals surface area contributed by atoms with Crippen molar-refractivity contribution < 1.29 is 24.5 Å². The summed E-state index contributed by atoms with van der Waals surface area (Å²) in [6.45, 7) is 18.0. The van der Waals surface area contributed by atoms with Crippen molar-refractivity contribution in [3.05, 3.63) is 70.3 Å². The van der Waals surface area contributed by atoms with Crippen LogP contribution in [0.4, 0.5) is 0 Å². The van der Waals surface area contributed by atoms with Crippen LogP contribution in [0.15, 0.2) is 42.5 Å². The standard InChI is InChI=1S/C28H38O5/c1-17(26(30)31)13-22-21(14-19(32-9)15-24(22)28(6,7)8)18(2)20-11-10-12-23(27(3,4)5)25(20)33-16-29/h10-12,14-15,18,29H,1,13,16H2,2-9H3,(H,30,31). The summed E-state index contributed by atoms with van der Waals surface area (Å²) in [6.07, 6.45) is 0.223. The average molecular weight is 455 g/mol. The number of rotatable bonds is 8. The maximum Gasteiger partial charge on any atom is 0.331 e. The molecule has 2 aromatic carbocycles. The monoisotopic (exact) mass is 454 g/mol. The predicted molar refractivity (Wildman–Crippen MR) is 133 cm³/mol. The Morgan fingerprint density at radius 3 is 2.12 bits per heavy atom. The molecule has 0 radical (unpaired) electrons. The minimum Gasteiger partial charge on any atom is -0.497 e. The van der Waals surface area contributed by atoms with E-state index < -0.39 is 12.8 Å². The van der Waals surface area contributed by atoms with Gasteiger partial charge in [-0.25, -0.2) is 4.79 Å². The van der Waals surface area contributed by atoms with Gasteiger partial charge >= 0.3 is 5.97 Å². The van der Waals surface area contributed by atoms with Gasteiger partial charge in [0.25, 0.3) is 0 Å². The van der Waals surface area contributed by atoms with E-state index in [4.69, 9.17) is 9.47 Å². The fourth-order valence-corrected chi connectivity index (χ4v) is 4.21. The maximum absolute atomic E-state index is 11.7. The smallest absolute Gasteiger partial charge is 0.331 e. The van der Waals surface area contributed by atoms with E-state index in [1.54, 1.807) is 7.11 Å². The number of carbonyl (C=O) groups is 1. The minimum atomic E-state index is -1.01. The van der Waals surface area contributed by atoms with E-state index in [0.29, 0.717) is 11.5 Å². The molecule has 0 amide bonds. The first-order chi connectivity index (χ1) is 15.2. The highest BCUT2D eigenvalue weighted by atomic mass is 16.6. The Bertz CT molecular complexity index is 1020. The van der Waals surface area contributed by atoms with Crippen LogP contribution in [0.3, 0.4) is 0 Å². The molecular weight excluding hydrogens is 416 g/mol. The fourth-order valence-electron chi connectivity index (χ4n) is 4.21. The molecule has 0 saturated heterocycles. The highest BCUT2D eigenvalue weighted by Crippen LogP contribution is 2.43. The SMILES string of the molecule is C=C(Cc1c(C(C)c2cccc(C(C)(C)C)c2OCO)cc(OC)cc1C(C)(C)C)C(=O)O. The van der Waals surface area contributed by atoms with Crippen molar-refractivity contribution in [2.45, 2.75) is 71.6 Å². The number of hydrogen-bond donors (Lipinski definition) is 2. The molecule has 33 heavy (non-hydrogen) atoms. The van der Waals surface area contributed by atoms with Crippen LogP contribution in [0.25, 0.3) is 0 Å². The Labute approximate surface area is 198 Å². The summed E-state index contributed by atoms with van der Waals surface area (Å²) in [5.74, 6) is 0.205. The number of ether oxygens (including phenoxy) is 2. The molecule has 0 heterocycles. The van der Waals surface area contributed by atoms with Gasteiger partial charge in [0.1, 0.15) is 11.5 Å². The first kappa shape index (κ1) is 26.5. The van der Waals surface area contributed by atoms with Crippen molar-refractivity contribution in [3.8, 4) is 11.5 Å². The first-order valence-corrected chi connectivity index (χ1v) is 11.2. The lowest BCUT2D eigenvalue weighted by Gasteiger charge is -2.30. The van der Waals surface area contributed by atoms with Crippen molar-refractivity contribution >= 4 is 5.97 Å². The van der Waals surface area contributed by atoms with Crippen LogP contribution in [-0.2, 0) is 22.0 Å². The Morgan fingerprint density at radius 2 is 1.64 bits per heavy atom. The van der Waals surface area contributed by atoms with Gasteiger partial charge in [-0.3, -0.25) is 0 Å². The molecule has 0 aliphatic carbocycles. The normalized spacial score (nSPS) is 12.9. The first-order valence-electron chi connectivity index (χ1n) is 11.2. The summed E-state index contributed by atoms with van der Waals surface area (Å²) in [5.41, 5.74) is 4.52. The largest absolute Gasteiger partial charge is 0.497 e. The van der Waals surface area contributed by atoms with Crippen molar-refractivity contribution in [3.63, 3.8) is 0 Å². The fraction of sp³-hybridized carbons (Fsp3) is 0.464. The third-order valence-electron chi connectivity index (χ3n) is 5.99. The molecule has 1 atom stereocenters. The number of hydrogen-bond acceptors (Lipinski definition) is 4. The van der Waals surface area contributed by atoms with Gasteiger partial charge < -0.3 is 19.7 Å². The summed E-state index contributed by atoms with van der Waals surface area (Å²) < 4.78 is 11.4. The van der Waals surface area contributed by atoms with Gasteiger partial charge in [0.05, 0.1) is 7.11 Å². The molecule has 180 valence electrons. The highest BCUT2D eigenvalue weighted by Gasteiger charge is 2.29. The van der Waals surface area contributed by atoms with Crippen LogP contribution >= 0.6 is 0 Å². The molecule has 0 aliphatic heterocycles. The van der Waals surface area contributed by atoms with Gasteiger partial charge in [-0.05, 0) is 45.2 Å². The number of carboxylic acid groups (broad SMARTS) is 1. The van der Waals surface area contributed by atoms with Gasteiger partial charge in [0, 0.05) is 23.5 Å². The van der Waals surface area contributed by atoms with Crippen LogP contribution in [0.2, 0.25) is 0 Å². The van der Waals surface area contributed by atoms with Gasteiger partial charge in [-0.15, -0.1) is 0 Å². The summed E-state index contributed by atoms with van der Waals surface area (Å²) in [7, 11) is 1.63. The predicted octanol–water partition coefficient (Wildman–Crippen LogP) is 5.95. The van der Waals surface area contributed by atoms with E-state index in [-0.39, 0.29) is 28.7 Å². The second kappa shape index (κ2) is 10.0. The topological polar surface area (TPSA) is 76.0 Å². The lowest BCUT2D eigenvalue weighted by molar-refractivity contribution is -0.132. The molecular formula is C28H38O5. The number of para-hydroxylation sites is 1. The van der Waals surface area contributed by atoms with Crippen LogP contribution in [0.1, 0.15) is 82.2 Å².